The number of carbonyl (C=O) groups excluding carboxylic acids is 2. The highest BCUT2D eigenvalue weighted by Gasteiger charge is 2.39. The van der Waals surface area contributed by atoms with E-state index in [2.05, 4.69) is 5.16 Å². The van der Waals surface area contributed by atoms with Crippen LogP contribution >= 0.6 is 11.6 Å². The molecule has 3 aromatic rings. The van der Waals surface area contributed by atoms with Crippen molar-refractivity contribution in [1.29, 1.82) is 0 Å². The maximum absolute atomic E-state index is 13.3. The van der Waals surface area contributed by atoms with Gasteiger partial charge >= 0.3 is 0 Å². The number of ether oxygens (including phenoxy) is 1. The molecule has 166 valence electrons. The van der Waals surface area contributed by atoms with E-state index in [-0.39, 0.29) is 35.5 Å². The summed E-state index contributed by atoms with van der Waals surface area (Å²) in [5.41, 5.74) is 2.37. The van der Waals surface area contributed by atoms with Crippen LogP contribution in [0.25, 0.3) is 0 Å². The zero-order valence-electron chi connectivity index (χ0n) is 18.1. The molecule has 1 aliphatic heterocycles. The van der Waals surface area contributed by atoms with Crippen LogP contribution in [-0.2, 0) is 4.79 Å². The largest absolute Gasteiger partial charge is 0.476 e. The van der Waals surface area contributed by atoms with Crippen LogP contribution in [0.3, 0.4) is 0 Å². The molecular formula is C24H24ClN3O4. The zero-order chi connectivity index (χ0) is 22.8. The Morgan fingerprint density at radius 1 is 1.22 bits per heavy atom. The van der Waals surface area contributed by atoms with E-state index in [1.807, 2.05) is 50.2 Å². The van der Waals surface area contributed by atoms with Crippen LogP contribution in [0.4, 0.5) is 11.4 Å². The number of anilines is 2. The van der Waals surface area contributed by atoms with Gasteiger partial charge in [-0.1, -0.05) is 29.8 Å². The molecule has 0 bridgehead atoms. The minimum absolute atomic E-state index is 0.0873. The third-order valence-corrected chi connectivity index (χ3v) is 5.78. The Labute approximate surface area is 191 Å². The number of para-hydroxylation sites is 1. The average Bonchev–Trinajstić information content (AvgIpc) is 3.24. The van der Waals surface area contributed by atoms with Gasteiger partial charge in [0.25, 0.3) is 11.8 Å². The van der Waals surface area contributed by atoms with E-state index in [9.17, 15) is 9.59 Å². The Kier molecular flexibility index (Phi) is 6.19. The van der Waals surface area contributed by atoms with Gasteiger partial charge in [-0.15, -0.1) is 0 Å². The smallest absolute Gasteiger partial charge is 0.297 e. The number of halogens is 1. The van der Waals surface area contributed by atoms with Gasteiger partial charge in [-0.2, -0.15) is 0 Å². The van der Waals surface area contributed by atoms with Crippen LogP contribution in [-0.4, -0.2) is 29.6 Å². The molecule has 0 aliphatic carbocycles. The molecule has 0 spiro atoms. The summed E-state index contributed by atoms with van der Waals surface area (Å²) in [6, 6.07) is 15.9. The summed E-state index contributed by atoms with van der Waals surface area (Å²) in [5, 5.41) is 4.41. The Morgan fingerprint density at radius 2 is 1.94 bits per heavy atom. The van der Waals surface area contributed by atoms with Crippen molar-refractivity contribution in [3.05, 3.63) is 70.9 Å². The van der Waals surface area contributed by atoms with Crippen LogP contribution in [0.5, 0.6) is 5.88 Å². The molecule has 1 aromatic heterocycles. The lowest BCUT2D eigenvalue weighted by molar-refractivity contribution is -0.117. The van der Waals surface area contributed by atoms with Gasteiger partial charge in [0.2, 0.25) is 11.7 Å². The van der Waals surface area contributed by atoms with Gasteiger partial charge in [0.15, 0.2) is 0 Å². The van der Waals surface area contributed by atoms with Crippen molar-refractivity contribution in [3.8, 4) is 5.88 Å². The number of amides is 2. The maximum Gasteiger partial charge on any atom is 0.297 e. The number of fused-ring (bicyclic) bond motifs is 1. The summed E-state index contributed by atoms with van der Waals surface area (Å²) in [4.78, 5) is 29.5. The average molecular weight is 454 g/mol. The van der Waals surface area contributed by atoms with Crippen LogP contribution in [0, 0.1) is 0 Å². The van der Waals surface area contributed by atoms with Crippen LogP contribution in [0.2, 0.25) is 5.02 Å². The first-order chi connectivity index (χ1) is 15.4. The molecule has 7 nitrogen and oxygen atoms in total. The van der Waals surface area contributed by atoms with Crippen molar-refractivity contribution in [2.45, 2.75) is 39.3 Å². The van der Waals surface area contributed by atoms with Gasteiger partial charge < -0.3 is 19.1 Å². The molecule has 0 saturated carbocycles. The summed E-state index contributed by atoms with van der Waals surface area (Å²) < 4.78 is 10.6. The summed E-state index contributed by atoms with van der Waals surface area (Å²) in [5.74, 6) is -0.00902. The van der Waals surface area contributed by atoms with E-state index >= 15 is 0 Å². The van der Waals surface area contributed by atoms with Crippen LogP contribution in [0.1, 0.15) is 49.4 Å². The van der Waals surface area contributed by atoms with E-state index in [0.29, 0.717) is 18.1 Å². The van der Waals surface area contributed by atoms with E-state index in [0.717, 1.165) is 16.9 Å². The van der Waals surface area contributed by atoms with E-state index in [4.69, 9.17) is 20.9 Å². The van der Waals surface area contributed by atoms with Crippen molar-refractivity contribution in [2.24, 2.45) is 0 Å². The zero-order valence-corrected chi connectivity index (χ0v) is 18.9. The second-order valence-corrected chi connectivity index (χ2v) is 8.10. The second kappa shape index (κ2) is 9.04. The number of rotatable bonds is 5. The van der Waals surface area contributed by atoms with Crippen molar-refractivity contribution in [1.82, 2.24) is 5.16 Å². The fraction of sp³-hybridized carbons (Fsp3) is 0.292. The van der Waals surface area contributed by atoms with E-state index in [1.165, 1.54) is 6.07 Å². The lowest BCUT2D eigenvalue weighted by atomic mass is 9.89. The van der Waals surface area contributed by atoms with Gasteiger partial charge in [0.1, 0.15) is 0 Å². The minimum Gasteiger partial charge on any atom is -0.476 e. The lowest BCUT2D eigenvalue weighted by Crippen LogP contribution is -2.47. The number of hydrogen-bond acceptors (Lipinski definition) is 5. The number of nitrogens with zero attached hydrogens (tertiary/aromatic N) is 3. The first-order valence-electron chi connectivity index (χ1n) is 10.5. The Morgan fingerprint density at radius 3 is 2.62 bits per heavy atom. The summed E-state index contributed by atoms with van der Waals surface area (Å²) in [6.07, 6.45) is 0.553. The highest BCUT2D eigenvalue weighted by atomic mass is 35.5. The quantitative estimate of drug-likeness (QED) is 0.526. The number of carbonyl (C=O) groups is 2. The standard InChI is InChI=1S/C24H24ClN3O4/c1-4-31-23-14-22(32-26-23)24(30)27-15(2)13-21(19-7-5-6-8-20(19)27)28(16(3)29)18-11-9-17(25)10-12-18/h5-12,14-15,21H,4,13H2,1-3H3/t15?,21-/m1/s1. The minimum atomic E-state index is -0.303. The molecular weight excluding hydrogens is 430 g/mol. The first-order valence-corrected chi connectivity index (χ1v) is 10.9. The molecule has 2 atom stereocenters. The molecule has 0 fully saturated rings. The molecule has 0 saturated heterocycles. The first kappa shape index (κ1) is 21.9. The molecule has 2 aromatic carbocycles. The van der Waals surface area contributed by atoms with Crippen LogP contribution < -0.4 is 14.5 Å². The van der Waals surface area contributed by atoms with Gasteiger partial charge in [-0.3, -0.25) is 9.59 Å². The Hall–Kier alpha value is -3.32. The molecule has 1 unspecified atom stereocenters. The molecule has 0 radical (unpaired) electrons. The molecule has 0 N–H and O–H groups in total. The predicted octanol–water partition coefficient (Wildman–Crippen LogP) is 5.26. The lowest BCUT2D eigenvalue weighted by Gasteiger charge is -2.43. The number of benzene rings is 2. The highest BCUT2D eigenvalue weighted by molar-refractivity contribution is 6.30. The normalized spacial score (nSPS) is 17.6. The molecule has 8 heteroatoms. The summed E-state index contributed by atoms with van der Waals surface area (Å²) >= 11 is 6.05. The van der Waals surface area contributed by atoms with Crippen LogP contribution in [0.15, 0.2) is 59.1 Å². The maximum atomic E-state index is 13.3. The monoisotopic (exact) mass is 453 g/mol. The van der Waals surface area contributed by atoms with Gasteiger partial charge in [-0.05, 0) is 61.3 Å². The van der Waals surface area contributed by atoms with E-state index in [1.54, 1.807) is 28.9 Å². The van der Waals surface area contributed by atoms with Gasteiger partial charge in [-0.25, -0.2) is 0 Å². The van der Waals surface area contributed by atoms with E-state index < -0.39 is 0 Å². The van der Waals surface area contributed by atoms with Gasteiger partial charge in [0, 0.05) is 29.4 Å². The third kappa shape index (κ3) is 4.08. The third-order valence-electron chi connectivity index (χ3n) is 5.53. The topological polar surface area (TPSA) is 75.9 Å². The summed E-state index contributed by atoms with van der Waals surface area (Å²) in [7, 11) is 0. The highest BCUT2D eigenvalue weighted by Crippen LogP contribution is 2.43. The molecule has 2 amide bonds. The molecule has 32 heavy (non-hydrogen) atoms. The fourth-order valence-electron chi connectivity index (χ4n) is 4.21. The predicted molar refractivity (Wildman–Crippen MR) is 122 cm³/mol. The second-order valence-electron chi connectivity index (χ2n) is 7.66. The van der Waals surface area contributed by atoms with Crippen molar-refractivity contribution >= 4 is 34.8 Å². The molecule has 4 rings (SSSR count). The van der Waals surface area contributed by atoms with Crippen molar-refractivity contribution in [3.63, 3.8) is 0 Å². The molecule has 1 aliphatic rings. The number of aromatic nitrogens is 1. The SMILES string of the molecule is CCOc1cc(C(=O)N2c3ccccc3[C@H](N(C(C)=O)c3ccc(Cl)cc3)CC2C)on1. The van der Waals surface area contributed by atoms with Crippen molar-refractivity contribution in [2.75, 3.05) is 16.4 Å². The molecule has 2 heterocycles. The number of hydrogen-bond donors (Lipinski definition) is 0. The Balaban J connectivity index is 1.73. The fourth-order valence-corrected chi connectivity index (χ4v) is 4.34. The van der Waals surface area contributed by atoms with Crippen molar-refractivity contribution < 1.29 is 18.8 Å². The van der Waals surface area contributed by atoms with Gasteiger partial charge in [0.05, 0.1) is 18.7 Å². The summed E-state index contributed by atoms with van der Waals surface area (Å²) in [6.45, 7) is 5.77. The Bertz CT molecular complexity index is 1130.